The second-order valence-corrected chi connectivity index (χ2v) is 9.86. The van der Waals surface area contributed by atoms with Crippen molar-refractivity contribution in [2.45, 2.75) is 6.92 Å². The minimum Gasteiger partial charge on any atom is -0.497 e. The summed E-state index contributed by atoms with van der Waals surface area (Å²) in [5.41, 5.74) is 1.80. The van der Waals surface area contributed by atoms with E-state index in [1.165, 1.54) is 37.4 Å². The minimum absolute atomic E-state index is 0.0536. The molecule has 4 aromatic rings. The number of piperazine rings is 1. The third-order valence-corrected chi connectivity index (χ3v) is 7.18. The first-order chi connectivity index (χ1) is 21.3. The summed E-state index contributed by atoms with van der Waals surface area (Å²) >= 11 is 0. The largest absolute Gasteiger partial charge is 0.497 e. The summed E-state index contributed by atoms with van der Waals surface area (Å²) in [5, 5.41) is 14.5. The molecule has 0 spiro atoms. The van der Waals surface area contributed by atoms with Crippen molar-refractivity contribution in [1.29, 1.82) is 0 Å². The lowest BCUT2D eigenvalue weighted by Gasteiger charge is -2.37. The molecule has 44 heavy (non-hydrogen) atoms. The van der Waals surface area contributed by atoms with E-state index in [9.17, 15) is 24.5 Å². The Kier molecular flexibility index (Phi) is 8.89. The first kappa shape index (κ1) is 29.8. The van der Waals surface area contributed by atoms with Gasteiger partial charge in [0.2, 0.25) is 0 Å². The van der Waals surface area contributed by atoms with Crippen molar-refractivity contribution < 1.29 is 33.2 Å². The second kappa shape index (κ2) is 13.1. The van der Waals surface area contributed by atoms with Crippen LogP contribution < -0.4 is 15.0 Å². The molecule has 1 fully saturated rings. The quantitative estimate of drug-likeness (QED) is 0.155. The van der Waals surface area contributed by atoms with Crippen LogP contribution in [0.1, 0.15) is 38.2 Å². The van der Waals surface area contributed by atoms with Crippen LogP contribution in [0, 0.1) is 10.1 Å². The van der Waals surface area contributed by atoms with Crippen LogP contribution in [-0.2, 0) is 4.74 Å². The number of nitro benzene ring substituents is 1. The standard InChI is InChI=1S/C32H30N4O8/c1-3-43-32(39)22-9-12-26(34-15-17-35(18-16-34)31(38)21-7-5-4-6-8-21)25(19-22)33-30(37)29-14-13-28(44-29)24-11-10-23(42-2)20-27(24)36(40)41/h4-14,19-20H,3,15-18H2,1-2H3,(H,33,37). The van der Waals surface area contributed by atoms with Gasteiger partial charge < -0.3 is 29.0 Å². The number of hydrogen-bond donors (Lipinski definition) is 1. The predicted octanol–water partition coefficient (Wildman–Crippen LogP) is 5.25. The van der Waals surface area contributed by atoms with Crippen LogP contribution >= 0.6 is 0 Å². The maximum atomic E-state index is 13.4. The lowest BCUT2D eigenvalue weighted by Crippen LogP contribution is -2.49. The van der Waals surface area contributed by atoms with Gasteiger partial charge in [-0.15, -0.1) is 0 Å². The number of nitro groups is 1. The highest BCUT2D eigenvalue weighted by molar-refractivity contribution is 6.05. The zero-order chi connectivity index (χ0) is 31.2. The van der Waals surface area contributed by atoms with Gasteiger partial charge in [-0.1, -0.05) is 18.2 Å². The monoisotopic (exact) mass is 598 g/mol. The average molecular weight is 599 g/mol. The van der Waals surface area contributed by atoms with Gasteiger partial charge in [-0.25, -0.2) is 4.79 Å². The molecule has 1 aliphatic rings. The number of esters is 1. The van der Waals surface area contributed by atoms with Crippen molar-refractivity contribution >= 4 is 34.8 Å². The summed E-state index contributed by atoms with van der Waals surface area (Å²) in [5.74, 6) is -0.862. The van der Waals surface area contributed by atoms with Gasteiger partial charge in [0.15, 0.2) is 5.76 Å². The molecule has 0 atom stereocenters. The highest BCUT2D eigenvalue weighted by Crippen LogP contribution is 2.35. The summed E-state index contributed by atoms with van der Waals surface area (Å²) in [4.78, 5) is 53.7. The van der Waals surface area contributed by atoms with Crippen molar-refractivity contribution in [3.63, 3.8) is 0 Å². The molecule has 2 heterocycles. The lowest BCUT2D eigenvalue weighted by atomic mass is 10.1. The van der Waals surface area contributed by atoms with Crippen LogP contribution in [0.15, 0.2) is 83.3 Å². The van der Waals surface area contributed by atoms with Gasteiger partial charge in [-0.2, -0.15) is 0 Å². The Bertz CT molecular complexity index is 1690. The van der Waals surface area contributed by atoms with Crippen molar-refractivity contribution in [3.05, 3.63) is 106 Å². The third kappa shape index (κ3) is 6.38. The van der Waals surface area contributed by atoms with E-state index in [1.807, 2.05) is 23.1 Å². The zero-order valence-corrected chi connectivity index (χ0v) is 24.1. The molecule has 1 N–H and O–H groups in total. The third-order valence-electron chi connectivity index (χ3n) is 7.18. The highest BCUT2D eigenvalue weighted by atomic mass is 16.6. The highest BCUT2D eigenvalue weighted by Gasteiger charge is 2.26. The number of carbonyl (C=O) groups excluding carboxylic acids is 3. The van der Waals surface area contributed by atoms with Crippen LogP contribution in [-0.4, -0.2) is 67.5 Å². The van der Waals surface area contributed by atoms with E-state index in [0.717, 1.165) is 0 Å². The number of methoxy groups -OCH3 is 1. The lowest BCUT2D eigenvalue weighted by molar-refractivity contribution is -0.384. The molecule has 5 rings (SSSR count). The van der Waals surface area contributed by atoms with Gasteiger partial charge in [-0.05, 0) is 61.5 Å². The molecule has 12 heteroatoms. The van der Waals surface area contributed by atoms with Gasteiger partial charge in [0, 0.05) is 31.7 Å². The summed E-state index contributed by atoms with van der Waals surface area (Å²) in [6, 6.07) is 21.2. The zero-order valence-electron chi connectivity index (χ0n) is 24.1. The van der Waals surface area contributed by atoms with E-state index < -0.39 is 16.8 Å². The molecule has 0 aliphatic carbocycles. The number of benzene rings is 3. The number of amides is 2. The number of rotatable bonds is 9. The fraction of sp³-hybridized carbons (Fsp3) is 0.219. The van der Waals surface area contributed by atoms with E-state index >= 15 is 0 Å². The van der Waals surface area contributed by atoms with Crippen molar-refractivity contribution in [2.75, 3.05) is 50.1 Å². The molecule has 0 unspecified atom stereocenters. The van der Waals surface area contributed by atoms with Crippen LogP contribution in [0.3, 0.4) is 0 Å². The topological polar surface area (TPSA) is 144 Å². The van der Waals surface area contributed by atoms with Gasteiger partial charge >= 0.3 is 5.97 Å². The van der Waals surface area contributed by atoms with Crippen LogP contribution in [0.5, 0.6) is 5.75 Å². The molecule has 12 nitrogen and oxygen atoms in total. The summed E-state index contributed by atoms with van der Waals surface area (Å²) in [7, 11) is 1.41. The molecule has 3 aromatic carbocycles. The normalized spacial score (nSPS) is 12.9. The number of hydrogen-bond acceptors (Lipinski definition) is 9. The van der Waals surface area contributed by atoms with Gasteiger partial charge in [0.25, 0.3) is 17.5 Å². The molecule has 0 radical (unpaired) electrons. The Morgan fingerprint density at radius 1 is 0.932 bits per heavy atom. The SMILES string of the molecule is CCOC(=O)c1ccc(N2CCN(C(=O)c3ccccc3)CC2)c(NC(=O)c2ccc(-c3ccc(OC)cc3[N+](=O)[O-])o2)c1. The number of nitrogens with zero attached hydrogens (tertiary/aromatic N) is 3. The van der Waals surface area contributed by atoms with Crippen LogP contribution in [0.25, 0.3) is 11.3 Å². The Labute approximate surface area is 252 Å². The Balaban J connectivity index is 1.38. The fourth-order valence-electron chi connectivity index (χ4n) is 4.95. The molecular formula is C32H30N4O8. The number of carbonyl (C=O) groups is 3. The molecule has 0 bridgehead atoms. The van der Waals surface area contributed by atoms with Crippen molar-refractivity contribution in [2.24, 2.45) is 0 Å². The summed E-state index contributed by atoms with van der Waals surface area (Å²) in [6.45, 7) is 3.80. The number of furan rings is 1. The maximum Gasteiger partial charge on any atom is 0.338 e. The number of ether oxygens (including phenoxy) is 2. The van der Waals surface area contributed by atoms with E-state index in [0.29, 0.717) is 48.9 Å². The van der Waals surface area contributed by atoms with E-state index in [-0.39, 0.29) is 40.8 Å². The first-order valence-corrected chi connectivity index (χ1v) is 13.9. The molecule has 1 aromatic heterocycles. The minimum atomic E-state index is -0.618. The maximum absolute atomic E-state index is 13.4. The molecular weight excluding hydrogens is 568 g/mol. The molecule has 0 saturated carbocycles. The molecule has 226 valence electrons. The Morgan fingerprint density at radius 3 is 2.36 bits per heavy atom. The van der Waals surface area contributed by atoms with Crippen LogP contribution in [0.2, 0.25) is 0 Å². The van der Waals surface area contributed by atoms with Gasteiger partial charge in [0.05, 0.1) is 47.2 Å². The fourth-order valence-corrected chi connectivity index (χ4v) is 4.95. The predicted molar refractivity (Wildman–Crippen MR) is 162 cm³/mol. The van der Waals surface area contributed by atoms with Gasteiger partial charge in [-0.3, -0.25) is 19.7 Å². The molecule has 1 saturated heterocycles. The second-order valence-electron chi connectivity index (χ2n) is 9.86. The average Bonchev–Trinajstić information content (AvgIpc) is 3.55. The van der Waals surface area contributed by atoms with E-state index in [4.69, 9.17) is 13.9 Å². The number of nitrogens with one attached hydrogen (secondary N) is 1. The van der Waals surface area contributed by atoms with E-state index in [1.54, 1.807) is 42.2 Å². The summed E-state index contributed by atoms with van der Waals surface area (Å²) in [6.07, 6.45) is 0. The van der Waals surface area contributed by atoms with E-state index in [2.05, 4.69) is 5.32 Å². The molecule has 1 aliphatic heterocycles. The van der Waals surface area contributed by atoms with Crippen LogP contribution in [0.4, 0.5) is 17.1 Å². The number of anilines is 2. The van der Waals surface area contributed by atoms with Gasteiger partial charge in [0.1, 0.15) is 11.5 Å². The smallest absolute Gasteiger partial charge is 0.338 e. The van der Waals surface area contributed by atoms with Crippen molar-refractivity contribution in [1.82, 2.24) is 4.90 Å². The first-order valence-electron chi connectivity index (χ1n) is 13.9. The Hall–Kier alpha value is -5.65. The Morgan fingerprint density at radius 2 is 1.68 bits per heavy atom. The van der Waals surface area contributed by atoms with Crippen molar-refractivity contribution in [3.8, 4) is 17.1 Å². The summed E-state index contributed by atoms with van der Waals surface area (Å²) < 4.78 is 16.0. The molecule has 2 amide bonds.